The summed E-state index contributed by atoms with van der Waals surface area (Å²) in [5.74, 6) is 0.0605. The van der Waals surface area contributed by atoms with Crippen molar-refractivity contribution in [3.05, 3.63) is 65.2 Å². The number of sulfone groups is 1. The minimum atomic E-state index is -3.19. The molecule has 0 radical (unpaired) electrons. The number of thiazole rings is 1. The Morgan fingerprint density at radius 3 is 2.35 bits per heavy atom. The topological polar surface area (TPSA) is 47.0 Å². The number of hydrogen-bond donors (Lipinski definition) is 0. The van der Waals surface area contributed by atoms with Gasteiger partial charge in [0.25, 0.3) is 0 Å². The zero-order valence-corrected chi connectivity index (χ0v) is 12.3. The third-order valence-electron chi connectivity index (χ3n) is 2.91. The lowest BCUT2D eigenvalue weighted by Gasteiger charge is -2.02. The highest BCUT2D eigenvalue weighted by atomic mass is 32.2. The highest BCUT2D eigenvalue weighted by Gasteiger charge is 2.16. The van der Waals surface area contributed by atoms with E-state index in [4.69, 9.17) is 0 Å². The molecule has 0 bridgehead atoms. The summed E-state index contributed by atoms with van der Waals surface area (Å²) < 4.78 is 25.5. The van der Waals surface area contributed by atoms with Crippen molar-refractivity contribution >= 4 is 31.4 Å². The van der Waals surface area contributed by atoms with Crippen molar-refractivity contribution in [1.82, 2.24) is 4.98 Å². The maximum Gasteiger partial charge on any atom is 0.160 e. The fourth-order valence-corrected chi connectivity index (χ4v) is 4.83. The van der Waals surface area contributed by atoms with Gasteiger partial charge in [-0.2, -0.15) is 0 Å². The third-order valence-corrected chi connectivity index (χ3v) is 5.62. The van der Waals surface area contributed by atoms with Crippen molar-refractivity contribution in [1.29, 1.82) is 0 Å². The lowest BCUT2D eigenvalue weighted by atomic mass is 10.2. The summed E-state index contributed by atoms with van der Waals surface area (Å²) in [5, 5.41) is 0.655. The van der Waals surface area contributed by atoms with Gasteiger partial charge in [0, 0.05) is 0 Å². The zero-order chi connectivity index (χ0) is 14.0. The molecule has 0 saturated heterocycles. The first-order valence-corrected chi connectivity index (χ1v) is 8.85. The highest BCUT2D eigenvalue weighted by Crippen LogP contribution is 2.23. The largest absolute Gasteiger partial charge is 0.240 e. The Hall–Kier alpha value is -1.72. The molecule has 1 heterocycles. The fourth-order valence-electron chi connectivity index (χ4n) is 2.05. The molecular formula is C15H13NO2S2. The summed E-state index contributed by atoms with van der Waals surface area (Å²) in [4.78, 5) is 4.38. The first-order chi connectivity index (χ1) is 9.62. The summed E-state index contributed by atoms with van der Waals surface area (Å²) in [5.41, 5.74) is 1.68. The minimum absolute atomic E-state index is 0.00123. The van der Waals surface area contributed by atoms with Crippen LogP contribution in [0.5, 0.6) is 0 Å². The van der Waals surface area contributed by atoms with Crippen LogP contribution in [0.4, 0.5) is 0 Å². The first kappa shape index (κ1) is 13.3. The second-order valence-electron chi connectivity index (χ2n) is 4.59. The van der Waals surface area contributed by atoms with E-state index < -0.39 is 9.84 Å². The molecule has 5 heteroatoms. The van der Waals surface area contributed by atoms with E-state index in [2.05, 4.69) is 4.98 Å². The number of rotatable bonds is 4. The second-order valence-corrected chi connectivity index (χ2v) is 7.77. The van der Waals surface area contributed by atoms with Crippen molar-refractivity contribution in [3.8, 4) is 0 Å². The standard InChI is InChI=1S/C15H13NO2S2/c17-20(18,10-12-6-2-1-3-7-12)11-15-16-13-8-4-5-9-14(13)19-15/h1-9H,10-11H2. The Morgan fingerprint density at radius 2 is 1.60 bits per heavy atom. The average Bonchev–Trinajstić information content (AvgIpc) is 2.80. The van der Waals surface area contributed by atoms with Gasteiger partial charge in [0.2, 0.25) is 0 Å². The number of para-hydroxylation sites is 1. The molecule has 0 N–H and O–H groups in total. The van der Waals surface area contributed by atoms with Crippen molar-refractivity contribution in [2.75, 3.05) is 0 Å². The summed E-state index contributed by atoms with van der Waals surface area (Å²) in [6, 6.07) is 16.9. The van der Waals surface area contributed by atoms with Gasteiger partial charge in [0.1, 0.15) is 10.8 Å². The molecule has 0 fully saturated rings. The zero-order valence-electron chi connectivity index (χ0n) is 10.7. The minimum Gasteiger partial charge on any atom is -0.240 e. The van der Waals surface area contributed by atoms with Crippen LogP contribution in [0.15, 0.2) is 54.6 Å². The molecule has 0 saturated carbocycles. The molecule has 3 rings (SSSR count). The van der Waals surface area contributed by atoms with Gasteiger partial charge in [-0.15, -0.1) is 11.3 Å². The number of aromatic nitrogens is 1. The van der Waals surface area contributed by atoms with E-state index in [0.29, 0.717) is 5.01 Å². The van der Waals surface area contributed by atoms with Crippen molar-refractivity contribution in [3.63, 3.8) is 0 Å². The molecule has 3 aromatic rings. The smallest absolute Gasteiger partial charge is 0.160 e. The molecule has 0 aliphatic carbocycles. The van der Waals surface area contributed by atoms with Gasteiger partial charge in [-0.1, -0.05) is 42.5 Å². The number of nitrogens with zero attached hydrogens (tertiary/aromatic N) is 1. The van der Waals surface area contributed by atoms with Crippen LogP contribution in [-0.2, 0) is 21.3 Å². The molecule has 0 aliphatic rings. The molecule has 3 nitrogen and oxygen atoms in total. The van der Waals surface area contributed by atoms with Gasteiger partial charge in [-0.05, 0) is 17.7 Å². The van der Waals surface area contributed by atoms with Gasteiger partial charge in [0.15, 0.2) is 9.84 Å². The normalized spacial score (nSPS) is 11.8. The number of fused-ring (bicyclic) bond motifs is 1. The Bertz CT molecular complexity index is 790. The predicted octanol–water partition coefficient (Wildman–Crippen LogP) is 3.41. The van der Waals surface area contributed by atoms with Crippen LogP contribution in [0.2, 0.25) is 0 Å². The van der Waals surface area contributed by atoms with Gasteiger partial charge < -0.3 is 0 Å². The van der Waals surface area contributed by atoms with E-state index in [0.717, 1.165) is 15.8 Å². The summed E-state index contributed by atoms with van der Waals surface area (Å²) in [6.07, 6.45) is 0. The maximum absolute atomic E-state index is 12.2. The van der Waals surface area contributed by atoms with Crippen molar-refractivity contribution in [2.24, 2.45) is 0 Å². The van der Waals surface area contributed by atoms with Crippen LogP contribution in [-0.4, -0.2) is 13.4 Å². The molecule has 0 spiro atoms. The number of hydrogen-bond acceptors (Lipinski definition) is 4. The fraction of sp³-hybridized carbons (Fsp3) is 0.133. The second kappa shape index (κ2) is 5.34. The van der Waals surface area contributed by atoms with E-state index in [1.807, 2.05) is 54.6 Å². The predicted molar refractivity (Wildman–Crippen MR) is 82.4 cm³/mol. The molecule has 20 heavy (non-hydrogen) atoms. The lowest BCUT2D eigenvalue weighted by molar-refractivity contribution is 0.594. The van der Waals surface area contributed by atoms with E-state index in [9.17, 15) is 8.42 Å². The van der Waals surface area contributed by atoms with Crippen LogP contribution >= 0.6 is 11.3 Å². The summed E-state index contributed by atoms with van der Waals surface area (Å²) in [7, 11) is -3.19. The van der Waals surface area contributed by atoms with Crippen LogP contribution in [0.1, 0.15) is 10.6 Å². The van der Waals surface area contributed by atoms with Crippen LogP contribution in [0.3, 0.4) is 0 Å². The molecule has 2 aromatic carbocycles. The Kier molecular flexibility index (Phi) is 3.54. The van der Waals surface area contributed by atoms with Crippen molar-refractivity contribution < 1.29 is 8.42 Å². The molecule has 0 amide bonds. The molecule has 0 aliphatic heterocycles. The quantitative estimate of drug-likeness (QED) is 0.742. The van der Waals surface area contributed by atoms with E-state index in [-0.39, 0.29) is 11.5 Å². The SMILES string of the molecule is O=S(=O)(Cc1ccccc1)Cc1nc2ccccc2s1. The van der Waals surface area contributed by atoms with Gasteiger partial charge in [-0.25, -0.2) is 13.4 Å². The van der Waals surface area contributed by atoms with Crippen LogP contribution < -0.4 is 0 Å². The Labute approximate surface area is 121 Å². The Morgan fingerprint density at radius 1 is 0.900 bits per heavy atom. The van der Waals surface area contributed by atoms with E-state index in [1.165, 1.54) is 11.3 Å². The molecule has 0 atom stereocenters. The molecule has 102 valence electrons. The lowest BCUT2D eigenvalue weighted by Crippen LogP contribution is -2.07. The van der Waals surface area contributed by atoms with Crippen LogP contribution in [0, 0.1) is 0 Å². The summed E-state index contributed by atoms with van der Waals surface area (Å²) in [6.45, 7) is 0. The van der Waals surface area contributed by atoms with E-state index >= 15 is 0 Å². The van der Waals surface area contributed by atoms with Gasteiger partial charge >= 0.3 is 0 Å². The molecule has 0 unspecified atom stereocenters. The molecule has 1 aromatic heterocycles. The highest BCUT2D eigenvalue weighted by molar-refractivity contribution is 7.90. The average molecular weight is 303 g/mol. The van der Waals surface area contributed by atoms with Gasteiger partial charge in [-0.3, -0.25) is 0 Å². The van der Waals surface area contributed by atoms with Gasteiger partial charge in [0.05, 0.1) is 16.0 Å². The third kappa shape index (κ3) is 3.05. The van der Waals surface area contributed by atoms with Crippen molar-refractivity contribution in [2.45, 2.75) is 11.5 Å². The first-order valence-electron chi connectivity index (χ1n) is 6.21. The maximum atomic E-state index is 12.2. The van der Waals surface area contributed by atoms with E-state index in [1.54, 1.807) is 0 Å². The van der Waals surface area contributed by atoms with Crippen LogP contribution in [0.25, 0.3) is 10.2 Å². The number of benzene rings is 2. The summed E-state index contributed by atoms with van der Waals surface area (Å²) >= 11 is 1.44. The Balaban J connectivity index is 1.82. The monoisotopic (exact) mass is 303 g/mol. The molecular weight excluding hydrogens is 290 g/mol.